The average molecular weight is 378 g/mol. The van der Waals surface area contributed by atoms with E-state index >= 15 is 0 Å². The number of halogens is 1. The topological polar surface area (TPSA) is 36.4 Å². The van der Waals surface area contributed by atoms with Gasteiger partial charge in [-0.1, -0.05) is 5.92 Å². The largest absolute Gasteiger partial charge is 0.504 e. The first kappa shape index (κ1) is 17.6. The van der Waals surface area contributed by atoms with Crippen molar-refractivity contribution in [3.63, 3.8) is 0 Å². The number of benzene rings is 2. The fourth-order valence-corrected chi connectivity index (χ4v) is 4.27. The molecule has 1 saturated heterocycles. The Morgan fingerprint density at radius 3 is 2.52 bits per heavy atom. The lowest BCUT2D eigenvalue weighted by Gasteiger charge is -2.28. The number of anilines is 1. The fraction of sp³-hybridized carbons (Fsp3) is 0.227. The highest BCUT2D eigenvalue weighted by Crippen LogP contribution is 2.35. The summed E-state index contributed by atoms with van der Waals surface area (Å²) in [6, 6.07) is 11.3. The van der Waals surface area contributed by atoms with Crippen LogP contribution in [0.1, 0.15) is 24.8 Å². The second-order valence-electron chi connectivity index (χ2n) is 6.62. The van der Waals surface area contributed by atoms with Crippen LogP contribution in [0.15, 0.2) is 42.6 Å². The number of piperidine rings is 1. The molecule has 0 spiro atoms. The molecule has 4 rings (SSSR count). The van der Waals surface area contributed by atoms with Crippen LogP contribution >= 0.6 is 11.3 Å². The average Bonchev–Trinajstić information content (AvgIpc) is 3.21. The van der Waals surface area contributed by atoms with Gasteiger partial charge in [-0.2, -0.15) is 0 Å². The molecule has 0 radical (unpaired) electrons. The van der Waals surface area contributed by atoms with Gasteiger partial charge in [-0.3, -0.25) is 0 Å². The van der Waals surface area contributed by atoms with Gasteiger partial charge < -0.3 is 10.0 Å². The molecule has 27 heavy (non-hydrogen) atoms. The molecule has 1 aliphatic rings. The Hall–Kier alpha value is -2.84. The van der Waals surface area contributed by atoms with Crippen molar-refractivity contribution in [2.24, 2.45) is 0 Å². The molecule has 1 aromatic heterocycles. The highest BCUT2D eigenvalue weighted by Gasteiger charge is 2.14. The quantitative estimate of drug-likeness (QED) is 0.629. The molecule has 0 saturated carbocycles. The predicted octanol–water partition coefficient (Wildman–Crippen LogP) is 5.29. The van der Waals surface area contributed by atoms with Crippen LogP contribution in [0, 0.1) is 18.2 Å². The van der Waals surface area contributed by atoms with Crippen LogP contribution in [0.4, 0.5) is 10.1 Å². The van der Waals surface area contributed by atoms with Crippen LogP contribution in [-0.4, -0.2) is 23.2 Å². The Balaban J connectivity index is 1.59. The minimum atomic E-state index is -0.721. The monoisotopic (exact) mass is 378 g/mol. The summed E-state index contributed by atoms with van der Waals surface area (Å²) in [5.74, 6) is 1.10. The first-order valence-electron chi connectivity index (χ1n) is 8.96. The molecule has 2 heterocycles. The number of rotatable bonds is 3. The molecule has 0 unspecified atom stereocenters. The van der Waals surface area contributed by atoms with Crippen LogP contribution in [-0.2, 0) is 0 Å². The van der Waals surface area contributed by atoms with Crippen molar-refractivity contribution in [3.8, 4) is 39.1 Å². The van der Waals surface area contributed by atoms with E-state index in [-0.39, 0.29) is 5.56 Å². The normalized spacial score (nSPS) is 14.1. The van der Waals surface area contributed by atoms with Gasteiger partial charge in [-0.25, -0.2) is 9.37 Å². The number of aromatic hydroxyl groups is 1. The van der Waals surface area contributed by atoms with Crippen LogP contribution in [0.5, 0.6) is 5.75 Å². The van der Waals surface area contributed by atoms with E-state index in [4.69, 9.17) is 6.42 Å². The lowest BCUT2D eigenvalue weighted by molar-refractivity contribution is 0.431. The maximum Gasteiger partial charge on any atom is 0.167 e. The van der Waals surface area contributed by atoms with Gasteiger partial charge in [-0.15, -0.1) is 17.8 Å². The van der Waals surface area contributed by atoms with Gasteiger partial charge in [0.25, 0.3) is 0 Å². The van der Waals surface area contributed by atoms with Gasteiger partial charge in [0, 0.05) is 30.5 Å². The molecule has 0 bridgehead atoms. The van der Waals surface area contributed by atoms with Gasteiger partial charge in [0.15, 0.2) is 11.6 Å². The summed E-state index contributed by atoms with van der Waals surface area (Å²) in [5, 5.41) is 10.5. The molecule has 3 nitrogen and oxygen atoms in total. The zero-order valence-corrected chi connectivity index (χ0v) is 15.6. The summed E-state index contributed by atoms with van der Waals surface area (Å²) in [6.07, 6.45) is 10.9. The lowest BCUT2D eigenvalue weighted by atomic mass is 10.1. The highest BCUT2D eigenvalue weighted by atomic mass is 32.1. The molecular weight excluding hydrogens is 359 g/mol. The van der Waals surface area contributed by atoms with Gasteiger partial charge in [-0.05, 0) is 61.2 Å². The molecule has 0 atom stereocenters. The lowest BCUT2D eigenvalue weighted by Crippen LogP contribution is -2.29. The number of thiazole rings is 1. The third kappa shape index (κ3) is 3.54. The summed E-state index contributed by atoms with van der Waals surface area (Å²) < 4.78 is 13.9. The van der Waals surface area contributed by atoms with Gasteiger partial charge >= 0.3 is 0 Å². The Morgan fingerprint density at radius 1 is 1.07 bits per heavy atom. The second kappa shape index (κ2) is 7.42. The summed E-state index contributed by atoms with van der Waals surface area (Å²) in [5.41, 5.74) is 3.04. The zero-order chi connectivity index (χ0) is 18.8. The molecule has 1 fully saturated rings. The van der Waals surface area contributed by atoms with E-state index in [2.05, 4.69) is 40.1 Å². The van der Waals surface area contributed by atoms with Crippen LogP contribution in [0.3, 0.4) is 0 Å². The van der Waals surface area contributed by atoms with Crippen molar-refractivity contribution in [1.82, 2.24) is 4.98 Å². The summed E-state index contributed by atoms with van der Waals surface area (Å²) in [6.45, 7) is 2.23. The maximum atomic E-state index is 13.9. The number of phenolic OH excluding ortho intramolecular Hbond substituents is 1. The summed E-state index contributed by atoms with van der Waals surface area (Å²) in [7, 11) is 0. The van der Waals surface area contributed by atoms with Gasteiger partial charge in [0.1, 0.15) is 5.01 Å². The maximum absolute atomic E-state index is 13.9. The van der Waals surface area contributed by atoms with E-state index in [0.29, 0.717) is 5.56 Å². The van der Waals surface area contributed by atoms with Crippen molar-refractivity contribution >= 4 is 17.0 Å². The van der Waals surface area contributed by atoms with Crippen LogP contribution in [0.25, 0.3) is 21.0 Å². The Labute approximate surface area is 162 Å². The molecule has 1 N–H and O–H groups in total. The molecule has 136 valence electrons. The molecular formula is C22H19FN2OS. The first-order chi connectivity index (χ1) is 13.2. The van der Waals surface area contributed by atoms with Crippen LogP contribution < -0.4 is 4.90 Å². The zero-order valence-electron chi connectivity index (χ0n) is 14.8. The van der Waals surface area contributed by atoms with Gasteiger partial charge in [0.05, 0.1) is 10.4 Å². The van der Waals surface area contributed by atoms with Gasteiger partial charge in [0.2, 0.25) is 0 Å². The Bertz CT molecular complexity index is 998. The smallest absolute Gasteiger partial charge is 0.167 e. The number of phenols is 1. The predicted molar refractivity (Wildman–Crippen MR) is 109 cm³/mol. The van der Waals surface area contributed by atoms with Crippen molar-refractivity contribution in [2.75, 3.05) is 18.0 Å². The van der Waals surface area contributed by atoms with E-state index < -0.39 is 11.6 Å². The van der Waals surface area contributed by atoms with Crippen LogP contribution in [0.2, 0.25) is 0 Å². The van der Waals surface area contributed by atoms with E-state index in [1.807, 2.05) is 0 Å². The second-order valence-corrected chi connectivity index (χ2v) is 7.65. The Kier molecular flexibility index (Phi) is 4.83. The van der Waals surface area contributed by atoms with Crippen molar-refractivity contribution in [1.29, 1.82) is 0 Å². The number of terminal acetylenes is 1. The van der Waals surface area contributed by atoms with E-state index in [9.17, 15) is 9.50 Å². The molecule has 0 amide bonds. The molecule has 5 heteroatoms. The minimum Gasteiger partial charge on any atom is -0.504 e. The molecule has 3 aromatic rings. The molecule has 0 aliphatic carbocycles. The van der Waals surface area contributed by atoms with E-state index in [1.165, 1.54) is 42.4 Å². The molecule has 1 aliphatic heterocycles. The number of hydrogen-bond donors (Lipinski definition) is 1. The van der Waals surface area contributed by atoms with Crippen molar-refractivity contribution in [2.45, 2.75) is 19.3 Å². The Morgan fingerprint density at radius 2 is 1.81 bits per heavy atom. The number of aromatic nitrogens is 1. The first-order valence-corrected chi connectivity index (χ1v) is 9.78. The third-order valence-corrected chi connectivity index (χ3v) is 5.94. The van der Waals surface area contributed by atoms with E-state index in [1.54, 1.807) is 12.3 Å². The SMILES string of the molecule is C#Cc1cc(-c2cnc(-c3ccc(N4CCCCC4)cc3)s2)cc(F)c1O. The standard InChI is InChI=1S/C22H19FN2OS/c1-2-15-12-17(13-19(23)21(15)26)20-14-24-22(27-20)16-6-8-18(9-7-16)25-10-4-3-5-11-25/h1,6-9,12-14,26H,3-5,10-11H2. The molecule has 2 aromatic carbocycles. The summed E-state index contributed by atoms with van der Waals surface area (Å²) in [4.78, 5) is 7.70. The third-order valence-electron chi connectivity index (χ3n) is 4.84. The summed E-state index contributed by atoms with van der Waals surface area (Å²) >= 11 is 1.47. The van der Waals surface area contributed by atoms with Crippen molar-refractivity contribution in [3.05, 3.63) is 54.0 Å². The van der Waals surface area contributed by atoms with E-state index in [0.717, 1.165) is 28.5 Å². The highest BCUT2D eigenvalue weighted by molar-refractivity contribution is 7.18. The minimum absolute atomic E-state index is 0.144. The van der Waals surface area contributed by atoms with Crippen molar-refractivity contribution < 1.29 is 9.50 Å². The fourth-order valence-electron chi connectivity index (χ4n) is 3.36. The number of hydrogen-bond acceptors (Lipinski definition) is 4. The number of nitrogens with zero attached hydrogens (tertiary/aromatic N) is 2.